The summed E-state index contributed by atoms with van der Waals surface area (Å²) in [5, 5.41) is 2.77. The van der Waals surface area contributed by atoms with E-state index in [1.54, 1.807) is 18.6 Å². The molecule has 100 valence electrons. The number of benzene rings is 1. The van der Waals surface area contributed by atoms with E-state index in [9.17, 15) is 4.79 Å². The zero-order chi connectivity index (χ0) is 13.8. The number of amides is 1. The first kappa shape index (κ1) is 12.3. The lowest BCUT2D eigenvalue weighted by molar-refractivity contribution is -0.116. The third-order valence-electron chi connectivity index (χ3n) is 3.04. The quantitative estimate of drug-likeness (QED) is 0.789. The molecule has 0 fully saturated rings. The Kier molecular flexibility index (Phi) is 3.41. The largest absolute Gasteiger partial charge is 0.330 e. The molecule has 20 heavy (non-hydrogen) atoms. The van der Waals surface area contributed by atoms with Crippen LogP contribution in [0.4, 0.5) is 5.82 Å². The number of para-hydroxylation sites is 2. The first-order valence-electron chi connectivity index (χ1n) is 6.44. The van der Waals surface area contributed by atoms with E-state index in [-0.39, 0.29) is 5.91 Å². The normalized spacial score (nSPS) is 10.6. The maximum atomic E-state index is 11.9. The number of imidazole rings is 1. The molecule has 0 spiro atoms. The molecule has 1 aromatic carbocycles. The van der Waals surface area contributed by atoms with E-state index in [1.165, 1.54) is 0 Å². The molecule has 0 saturated carbocycles. The maximum absolute atomic E-state index is 11.9. The molecule has 0 aliphatic heterocycles. The van der Waals surface area contributed by atoms with Crippen LogP contribution in [0.3, 0.4) is 0 Å². The first-order chi connectivity index (χ1) is 9.83. The molecule has 3 rings (SSSR count). The maximum Gasteiger partial charge on any atom is 0.227 e. The Morgan fingerprint density at radius 3 is 2.80 bits per heavy atom. The van der Waals surface area contributed by atoms with Crippen molar-refractivity contribution in [3.63, 3.8) is 0 Å². The Bertz CT molecular complexity index is 721. The minimum absolute atomic E-state index is 0.0542. The molecule has 1 amide bonds. The minimum Gasteiger partial charge on any atom is -0.330 e. The summed E-state index contributed by atoms with van der Waals surface area (Å²) in [6.07, 6.45) is 3.80. The summed E-state index contributed by atoms with van der Waals surface area (Å²) in [6.45, 7) is 0.596. The summed E-state index contributed by atoms with van der Waals surface area (Å²) in [7, 11) is 0. The Morgan fingerprint density at radius 1 is 1.10 bits per heavy atom. The summed E-state index contributed by atoms with van der Waals surface area (Å²) in [6, 6.07) is 13.3. The van der Waals surface area contributed by atoms with Gasteiger partial charge in [-0.05, 0) is 24.3 Å². The predicted octanol–water partition coefficient (Wildman–Crippen LogP) is 2.46. The van der Waals surface area contributed by atoms with Gasteiger partial charge in [0.15, 0.2) is 0 Å². The van der Waals surface area contributed by atoms with Crippen LogP contribution >= 0.6 is 0 Å². The fourth-order valence-corrected chi connectivity index (χ4v) is 2.05. The van der Waals surface area contributed by atoms with E-state index in [2.05, 4.69) is 15.3 Å². The van der Waals surface area contributed by atoms with Gasteiger partial charge in [0.05, 0.1) is 17.4 Å². The number of nitrogens with one attached hydrogen (secondary N) is 1. The van der Waals surface area contributed by atoms with Gasteiger partial charge in [-0.25, -0.2) is 9.97 Å². The van der Waals surface area contributed by atoms with E-state index in [0.717, 1.165) is 11.0 Å². The summed E-state index contributed by atoms with van der Waals surface area (Å²) >= 11 is 0. The van der Waals surface area contributed by atoms with Gasteiger partial charge < -0.3 is 9.88 Å². The van der Waals surface area contributed by atoms with Crippen molar-refractivity contribution in [2.45, 2.75) is 13.0 Å². The van der Waals surface area contributed by atoms with Crippen LogP contribution in [0.25, 0.3) is 11.0 Å². The van der Waals surface area contributed by atoms with Crippen LogP contribution in [0.1, 0.15) is 6.42 Å². The number of hydrogen-bond donors (Lipinski definition) is 1. The molecule has 0 bridgehead atoms. The highest BCUT2D eigenvalue weighted by atomic mass is 16.1. The lowest BCUT2D eigenvalue weighted by Crippen LogP contribution is -2.14. The third kappa shape index (κ3) is 2.66. The highest BCUT2D eigenvalue weighted by Gasteiger charge is 2.05. The molecule has 5 heteroatoms. The highest BCUT2D eigenvalue weighted by molar-refractivity contribution is 5.89. The standard InChI is InChI=1S/C15H14N4O/c20-15(18-14-7-3-4-9-16-14)8-10-19-11-17-12-5-1-2-6-13(12)19/h1-7,9,11H,8,10H2,(H,16,18,20). The number of rotatable bonds is 4. The SMILES string of the molecule is O=C(CCn1cnc2ccccc21)Nc1ccccn1. The van der Waals surface area contributed by atoms with Crippen molar-refractivity contribution in [2.75, 3.05) is 5.32 Å². The Balaban J connectivity index is 1.63. The Morgan fingerprint density at radius 2 is 1.95 bits per heavy atom. The fourth-order valence-electron chi connectivity index (χ4n) is 2.05. The molecule has 2 aromatic heterocycles. The second kappa shape index (κ2) is 5.52. The summed E-state index contributed by atoms with van der Waals surface area (Å²) in [5.41, 5.74) is 1.98. The summed E-state index contributed by atoms with van der Waals surface area (Å²) in [5.74, 6) is 0.523. The van der Waals surface area contributed by atoms with E-state index in [0.29, 0.717) is 18.8 Å². The van der Waals surface area contributed by atoms with Gasteiger partial charge in [0, 0.05) is 19.2 Å². The van der Waals surface area contributed by atoms with Gasteiger partial charge in [-0.2, -0.15) is 0 Å². The molecule has 0 radical (unpaired) electrons. The number of carbonyl (C=O) groups excluding carboxylic acids is 1. The topological polar surface area (TPSA) is 59.8 Å². The van der Waals surface area contributed by atoms with Gasteiger partial charge in [0.1, 0.15) is 5.82 Å². The van der Waals surface area contributed by atoms with Crippen molar-refractivity contribution >= 4 is 22.8 Å². The molecule has 1 N–H and O–H groups in total. The molecule has 0 aliphatic rings. The predicted molar refractivity (Wildman–Crippen MR) is 77.2 cm³/mol. The van der Waals surface area contributed by atoms with Crippen molar-refractivity contribution in [3.05, 3.63) is 55.0 Å². The van der Waals surface area contributed by atoms with Crippen LogP contribution < -0.4 is 5.32 Å². The van der Waals surface area contributed by atoms with Crippen LogP contribution in [-0.2, 0) is 11.3 Å². The van der Waals surface area contributed by atoms with Crippen LogP contribution in [0.2, 0.25) is 0 Å². The highest BCUT2D eigenvalue weighted by Crippen LogP contribution is 2.12. The van der Waals surface area contributed by atoms with Crippen molar-refractivity contribution in [1.29, 1.82) is 0 Å². The van der Waals surface area contributed by atoms with Crippen LogP contribution in [0, 0.1) is 0 Å². The molecular formula is C15H14N4O. The van der Waals surface area contributed by atoms with E-state index in [4.69, 9.17) is 0 Å². The number of pyridine rings is 1. The molecular weight excluding hydrogens is 252 g/mol. The zero-order valence-corrected chi connectivity index (χ0v) is 10.9. The number of nitrogens with zero attached hydrogens (tertiary/aromatic N) is 3. The average molecular weight is 266 g/mol. The zero-order valence-electron chi connectivity index (χ0n) is 10.9. The lowest BCUT2D eigenvalue weighted by Gasteiger charge is -2.05. The van der Waals surface area contributed by atoms with Crippen LogP contribution in [-0.4, -0.2) is 20.4 Å². The van der Waals surface area contributed by atoms with Gasteiger partial charge in [0.25, 0.3) is 0 Å². The molecule has 2 heterocycles. The van der Waals surface area contributed by atoms with Gasteiger partial charge in [-0.15, -0.1) is 0 Å². The van der Waals surface area contributed by atoms with Crippen molar-refractivity contribution in [1.82, 2.24) is 14.5 Å². The second-order valence-electron chi connectivity index (χ2n) is 4.44. The lowest BCUT2D eigenvalue weighted by atomic mass is 10.3. The van der Waals surface area contributed by atoms with Crippen LogP contribution in [0.15, 0.2) is 55.0 Å². The van der Waals surface area contributed by atoms with Gasteiger partial charge in [-0.3, -0.25) is 4.79 Å². The second-order valence-corrected chi connectivity index (χ2v) is 4.44. The number of fused-ring (bicyclic) bond motifs is 1. The summed E-state index contributed by atoms with van der Waals surface area (Å²) < 4.78 is 1.98. The van der Waals surface area contributed by atoms with Gasteiger partial charge in [0.2, 0.25) is 5.91 Å². The smallest absolute Gasteiger partial charge is 0.227 e. The van der Waals surface area contributed by atoms with Crippen LogP contribution in [0.5, 0.6) is 0 Å². The first-order valence-corrected chi connectivity index (χ1v) is 6.44. The number of aryl methyl sites for hydroxylation is 1. The fraction of sp³-hybridized carbons (Fsp3) is 0.133. The van der Waals surface area contributed by atoms with E-state index >= 15 is 0 Å². The van der Waals surface area contributed by atoms with Crippen molar-refractivity contribution in [2.24, 2.45) is 0 Å². The number of anilines is 1. The molecule has 0 atom stereocenters. The van der Waals surface area contributed by atoms with E-state index < -0.39 is 0 Å². The average Bonchev–Trinajstić information content (AvgIpc) is 2.89. The molecule has 0 unspecified atom stereocenters. The van der Waals surface area contributed by atoms with E-state index in [1.807, 2.05) is 41.0 Å². The molecule has 0 saturated heterocycles. The number of aromatic nitrogens is 3. The number of carbonyl (C=O) groups is 1. The summed E-state index contributed by atoms with van der Waals surface area (Å²) in [4.78, 5) is 20.2. The monoisotopic (exact) mass is 266 g/mol. The van der Waals surface area contributed by atoms with Gasteiger partial charge in [-0.1, -0.05) is 18.2 Å². The minimum atomic E-state index is -0.0542. The van der Waals surface area contributed by atoms with Crippen molar-refractivity contribution < 1.29 is 4.79 Å². The van der Waals surface area contributed by atoms with Crippen molar-refractivity contribution in [3.8, 4) is 0 Å². The Hall–Kier alpha value is -2.69. The van der Waals surface area contributed by atoms with Gasteiger partial charge >= 0.3 is 0 Å². The molecule has 3 aromatic rings. The number of hydrogen-bond acceptors (Lipinski definition) is 3. The molecule has 0 aliphatic carbocycles. The Labute approximate surface area is 116 Å². The third-order valence-corrected chi connectivity index (χ3v) is 3.04. The molecule has 5 nitrogen and oxygen atoms in total.